The number of esters is 1. The van der Waals surface area contributed by atoms with Gasteiger partial charge in [-0.15, -0.1) is 0 Å². The number of nitrogens with zero attached hydrogens (tertiary/aromatic N) is 2. The van der Waals surface area contributed by atoms with Crippen LogP contribution in [0.4, 0.5) is 5.69 Å². The van der Waals surface area contributed by atoms with Crippen LogP contribution in [0.3, 0.4) is 0 Å². The van der Waals surface area contributed by atoms with Crippen LogP contribution in [0.1, 0.15) is 79.5 Å². The number of unbranched alkanes of at least 4 members (excludes halogenated alkanes) is 1. The summed E-state index contributed by atoms with van der Waals surface area (Å²) in [5.41, 5.74) is 4.63. The van der Waals surface area contributed by atoms with Gasteiger partial charge in [0.25, 0.3) is 5.91 Å². The van der Waals surface area contributed by atoms with E-state index < -0.39 is 12.1 Å². The van der Waals surface area contributed by atoms with Gasteiger partial charge in [0.2, 0.25) is 5.78 Å². The van der Waals surface area contributed by atoms with Crippen molar-refractivity contribution >= 4 is 62.8 Å². The molecule has 5 aromatic rings. The van der Waals surface area contributed by atoms with E-state index in [0.717, 1.165) is 29.3 Å². The molecule has 2 heterocycles. The zero-order valence-corrected chi connectivity index (χ0v) is 26.5. The summed E-state index contributed by atoms with van der Waals surface area (Å²) in [4.78, 5) is 69.5. The van der Waals surface area contributed by atoms with Crippen LogP contribution in [0.15, 0.2) is 78.4 Å². The normalized spacial score (nSPS) is 16.6. The molecule has 1 aliphatic carbocycles. The Kier molecular flexibility index (Phi) is 7.23. The molecule has 8 heteroatoms. The number of hydrogen-bond acceptors (Lipinski definition) is 6. The topological polar surface area (TPSA) is 103 Å². The number of fused-ring (bicyclic) bond motifs is 6. The average molecular weight is 625 g/mol. The summed E-state index contributed by atoms with van der Waals surface area (Å²) in [5.74, 6) is -1.91. The second-order valence-electron chi connectivity index (χ2n) is 12.2. The standard InChI is InChI=1S/C39H32N2O6/c1-5-6-16-30-35(42)28(39(46)47-30)19-22-17-21(2)33-26(18-22)27-20-29(40(3)38(45)23-12-8-7-9-13-23)31-32(34(27)41(33)4)37(44)25-15-11-10-14-24(25)36(31)43/h7-15,17-20,30H,5-6,16H2,1-4H3. The molecule has 234 valence electrons. The lowest BCUT2D eigenvalue weighted by molar-refractivity contribution is -0.141. The monoisotopic (exact) mass is 624 g/mol. The molecule has 1 unspecified atom stereocenters. The Hall–Kier alpha value is -5.63. The molecule has 1 aliphatic heterocycles. The van der Waals surface area contributed by atoms with Crippen LogP contribution in [-0.4, -0.2) is 46.9 Å². The van der Waals surface area contributed by atoms with E-state index in [2.05, 4.69) is 0 Å². The van der Waals surface area contributed by atoms with Gasteiger partial charge >= 0.3 is 5.97 Å². The molecule has 0 N–H and O–H groups in total. The summed E-state index contributed by atoms with van der Waals surface area (Å²) in [7, 11) is 3.45. The van der Waals surface area contributed by atoms with Crippen LogP contribution >= 0.6 is 0 Å². The molecule has 7 rings (SSSR count). The summed E-state index contributed by atoms with van der Waals surface area (Å²) in [5, 5.41) is 1.41. The van der Waals surface area contributed by atoms with Crippen molar-refractivity contribution in [3.8, 4) is 0 Å². The predicted octanol–water partition coefficient (Wildman–Crippen LogP) is 6.76. The van der Waals surface area contributed by atoms with E-state index in [0.29, 0.717) is 45.3 Å². The molecule has 0 radical (unpaired) electrons. The largest absolute Gasteiger partial charge is 0.450 e. The molecule has 8 nitrogen and oxygen atoms in total. The molecule has 0 spiro atoms. The van der Waals surface area contributed by atoms with E-state index in [1.807, 2.05) is 43.7 Å². The van der Waals surface area contributed by atoms with Gasteiger partial charge in [0, 0.05) is 41.6 Å². The molecule has 0 saturated carbocycles. The first kappa shape index (κ1) is 30.0. The van der Waals surface area contributed by atoms with Crippen molar-refractivity contribution < 1.29 is 28.7 Å². The molecule has 1 saturated heterocycles. The Balaban J connectivity index is 1.48. The Morgan fingerprint density at radius 2 is 1.51 bits per heavy atom. The van der Waals surface area contributed by atoms with E-state index in [4.69, 9.17) is 4.74 Å². The van der Waals surface area contributed by atoms with Crippen molar-refractivity contribution in [1.29, 1.82) is 0 Å². The number of ketones is 3. The first-order valence-corrected chi connectivity index (χ1v) is 15.7. The Labute approximate surface area is 271 Å². The Bertz CT molecular complexity index is 2240. The smallest absolute Gasteiger partial charge is 0.342 e. The molecule has 1 amide bonds. The molecular weight excluding hydrogens is 592 g/mol. The lowest BCUT2D eigenvalue weighted by atomic mass is 9.81. The lowest BCUT2D eigenvalue weighted by Crippen LogP contribution is -2.31. The summed E-state index contributed by atoms with van der Waals surface area (Å²) >= 11 is 0. The maximum atomic E-state index is 14.3. The number of aromatic nitrogens is 1. The number of carbonyl (C=O) groups excluding carboxylic acids is 5. The van der Waals surface area contributed by atoms with Gasteiger partial charge in [-0.1, -0.05) is 55.8 Å². The molecule has 2 aliphatic rings. The number of Topliss-reactive ketones (excluding diaryl/α,β-unsaturated/α-hetero) is 1. The predicted molar refractivity (Wildman–Crippen MR) is 180 cm³/mol. The first-order chi connectivity index (χ1) is 22.6. The SMILES string of the molecule is CCCCC1OC(=O)C(=Cc2cc(C)c3c(c2)c2cc(N(C)C(=O)c4ccccc4)c4c(c2n3C)C(=O)c2ccccc2C4=O)C1=O. The third-order valence-corrected chi connectivity index (χ3v) is 9.28. The maximum absolute atomic E-state index is 14.3. The van der Waals surface area contributed by atoms with Crippen molar-refractivity contribution in [2.45, 2.75) is 39.2 Å². The highest BCUT2D eigenvalue weighted by Gasteiger charge is 2.39. The van der Waals surface area contributed by atoms with Gasteiger partial charge in [-0.25, -0.2) is 4.79 Å². The number of cyclic esters (lactones) is 1. The van der Waals surface area contributed by atoms with Gasteiger partial charge in [-0.2, -0.15) is 0 Å². The summed E-state index contributed by atoms with van der Waals surface area (Å²) in [6, 6.07) is 21.1. The highest BCUT2D eigenvalue weighted by molar-refractivity contribution is 6.36. The minimum atomic E-state index is -0.769. The number of aryl methyl sites for hydroxylation is 2. The second-order valence-corrected chi connectivity index (χ2v) is 12.2. The van der Waals surface area contributed by atoms with Gasteiger partial charge in [0.05, 0.1) is 27.8 Å². The second kappa shape index (κ2) is 11.3. The number of carbonyl (C=O) groups is 5. The number of anilines is 1. The Morgan fingerprint density at radius 3 is 2.19 bits per heavy atom. The van der Waals surface area contributed by atoms with Crippen LogP contribution in [0.25, 0.3) is 27.9 Å². The van der Waals surface area contributed by atoms with Crippen LogP contribution < -0.4 is 4.90 Å². The molecule has 1 atom stereocenters. The van der Waals surface area contributed by atoms with Gasteiger partial charge in [-0.05, 0) is 67.3 Å². The first-order valence-electron chi connectivity index (χ1n) is 15.7. The van der Waals surface area contributed by atoms with Crippen molar-refractivity contribution in [2.75, 3.05) is 11.9 Å². The van der Waals surface area contributed by atoms with Crippen LogP contribution in [0.5, 0.6) is 0 Å². The average Bonchev–Trinajstić information content (AvgIpc) is 3.52. The van der Waals surface area contributed by atoms with Crippen molar-refractivity contribution in [2.24, 2.45) is 7.05 Å². The van der Waals surface area contributed by atoms with Crippen molar-refractivity contribution in [3.63, 3.8) is 0 Å². The highest BCUT2D eigenvalue weighted by Crippen LogP contribution is 2.43. The zero-order chi connectivity index (χ0) is 33.1. The van der Waals surface area contributed by atoms with Crippen LogP contribution in [0, 0.1) is 6.92 Å². The van der Waals surface area contributed by atoms with Gasteiger partial charge in [0.1, 0.15) is 5.57 Å². The molecular formula is C39H32N2O6. The number of benzene rings is 4. The van der Waals surface area contributed by atoms with Gasteiger partial charge < -0.3 is 14.2 Å². The Morgan fingerprint density at radius 1 is 0.872 bits per heavy atom. The van der Waals surface area contributed by atoms with Crippen molar-refractivity contribution in [1.82, 2.24) is 4.57 Å². The third kappa shape index (κ3) is 4.62. The molecule has 47 heavy (non-hydrogen) atoms. The summed E-state index contributed by atoms with van der Waals surface area (Å²) < 4.78 is 7.31. The number of hydrogen-bond donors (Lipinski definition) is 0. The number of amides is 1. The van der Waals surface area contributed by atoms with E-state index in [-0.39, 0.29) is 40.0 Å². The van der Waals surface area contributed by atoms with Gasteiger partial charge in [-0.3, -0.25) is 19.2 Å². The maximum Gasteiger partial charge on any atom is 0.342 e. The van der Waals surface area contributed by atoms with Crippen molar-refractivity contribution in [3.05, 3.63) is 117 Å². The number of ether oxygens (including phenoxy) is 1. The van der Waals surface area contributed by atoms with E-state index in [9.17, 15) is 24.0 Å². The van der Waals surface area contributed by atoms with E-state index in [1.54, 1.807) is 67.7 Å². The summed E-state index contributed by atoms with van der Waals surface area (Å²) in [6.45, 7) is 3.93. The lowest BCUT2D eigenvalue weighted by Gasteiger charge is -2.26. The van der Waals surface area contributed by atoms with E-state index >= 15 is 0 Å². The number of rotatable bonds is 6. The molecule has 0 bridgehead atoms. The minimum Gasteiger partial charge on any atom is -0.450 e. The fraction of sp³-hybridized carbons (Fsp3) is 0.205. The fourth-order valence-electron chi connectivity index (χ4n) is 7.01. The van der Waals surface area contributed by atoms with Crippen LogP contribution in [0.2, 0.25) is 0 Å². The minimum absolute atomic E-state index is 0.00808. The zero-order valence-electron chi connectivity index (χ0n) is 26.5. The third-order valence-electron chi connectivity index (χ3n) is 9.28. The van der Waals surface area contributed by atoms with E-state index in [1.165, 1.54) is 4.90 Å². The molecule has 1 fully saturated rings. The molecule has 1 aromatic heterocycles. The fourth-order valence-corrected chi connectivity index (χ4v) is 7.01. The van der Waals surface area contributed by atoms with Crippen LogP contribution in [-0.2, 0) is 21.4 Å². The quantitative estimate of drug-likeness (QED) is 0.115. The highest BCUT2D eigenvalue weighted by atomic mass is 16.6. The summed E-state index contributed by atoms with van der Waals surface area (Å²) in [6.07, 6.45) is 2.94. The van der Waals surface area contributed by atoms with Gasteiger partial charge in [0.15, 0.2) is 17.7 Å². The molecule has 4 aromatic carbocycles.